The van der Waals surface area contributed by atoms with E-state index in [4.69, 9.17) is 15.2 Å². The predicted molar refractivity (Wildman–Crippen MR) is 97.8 cm³/mol. The summed E-state index contributed by atoms with van der Waals surface area (Å²) in [5, 5.41) is 0. The minimum absolute atomic E-state index is 0.116. The smallest absolute Gasteiger partial charge is 0.316 e. The number of amides is 2. The molecule has 26 heavy (non-hydrogen) atoms. The van der Waals surface area contributed by atoms with Gasteiger partial charge in [-0.2, -0.15) is 0 Å². The number of carbonyl (C=O) groups is 3. The second-order valence-electron chi connectivity index (χ2n) is 5.94. The third-order valence-corrected chi connectivity index (χ3v) is 5.01. The van der Waals surface area contributed by atoms with Gasteiger partial charge in [0, 0.05) is 18.0 Å². The van der Waals surface area contributed by atoms with Gasteiger partial charge in [-0.25, -0.2) is 0 Å². The van der Waals surface area contributed by atoms with Gasteiger partial charge in [0.25, 0.3) is 5.91 Å². The number of hydrogen-bond donors (Lipinski definition) is 1. The Labute approximate surface area is 157 Å². The Morgan fingerprint density at radius 3 is 2.65 bits per heavy atom. The van der Waals surface area contributed by atoms with Crippen molar-refractivity contribution in [1.29, 1.82) is 0 Å². The first kappa shape index (κ1) is 20.1. The Kier molecular flexibility index (Phi) is 7.77. The van der Waals surface area contributed by atoms with E-state index >= 15 is 0 Å². The molecule has 1 saturated heterocycles. The Morgan fingerprint density at radius 2 is 2.00 bits per heavy atom. The molecule has 1 aliphatic rings. The molecule has 0 unspecified atom stereocenters. The number of carbonyl (C=O) groups excluding carboxylic acids is 3. The van der Waals surface area contributed by atoms with Crippen LogP contribution < -0.4 is 10.5 Å². The van der Waals surface area contributed by atoms with Gasteiger partial charge in [0.2, 0.25) is 5.91 Å². The van der Waals surface area contributed by atoms with Crippen molar-refractivity contribution in [3.05, 3.63) is 24.3 Å². The van der Waals surface area contributed by atoms with Gasteiger partial charge in [-0.15, -0.1) is 11.8 Å². The summed E-state index contributed by atoms with van der Waals surface area (Å²) in [4.78, 5) is 37.7. The third-order valence-electron chi connectivity index (χ3n) is 4.02. The Hall–Kier alpha value is -2.22. The molecule has 0 bridgehead atoms. The highest BCUT2D eigenvalue weighted by atomic mass is 32.2. The molecular weight excluding hydrogens is 356 g/mol. The molecule has 2 N–H and O–H groups in total. The van der Waals surface area contributed by atoms with E-state index in [2.05, 4.69) is 0 Å². The molecule has 7 nitrogen and oxygen atoms in total. The topological polar surface area (TPSA) is 98.9 Å². The maximum absolute atomic E-state index is 12.1. The van der Waals surface area contributed by atoms with Crippen molar-refractivity contribution in [3.8, 4) is 5.75 Å². The predicted octanol–water partition coefficient (Wildman–Crippen LogP) is 1.44. The molecule has 0 saturated carbocycles. The van der Waals surface area contributed by atoms with Crippen LogP contribution in [-0.2, 0) is 19.1 Å². The number of primary amides is 1. The zero-order chi connectivity index (χ0) is 18.9. The highest BCUT2D eigenvalue weighted by molar-refractivity contribution is 8.00. The summed E-state index contributed by atoms with van der Waals surface area (Å²) in [7, 11) is 0. The fraction of sp³-hybridized carbons (Fsp3) is 0.500. The Bertz CT molecular complexity index is 635. The average molecular weight is 380 g/mol. The van der Waals surface area contributed by atoms with Crippen LogP contribution in [0.5, 0.6) is 5.75 Å². The summed E-state index contributed by atoms with van der Waals surface area (Å²) in [6.07, 6.45) is 1.42. The minimum atomic E-state index is -0.458. The number of nitrogens with zero attached hydrogens (tertiary/aromatic N) is 1. The lowest BCUT2D eigenvalue weighted by Crippen LogP contribution is -2.45. The number of ether oxygens (including phenoxy) is 2. The number of nitrogens with two attached hydrogens (primary N) is 1. The lowest BCUT2D eigenvalue weighted by Gasteiger charge is -2.31. The number of thioether (sulfide) groups is 1. The van der Waals surface area contributed by atoms with Gasteiger partial charge in [0.05, 0.1) is 18.3 Å². The van der Waals surface area contributed by atoms with Crippen LogP contribution in [0, 0.1) is 5.92 Å². The average Bonchev–Trinajstić information content (AvgIpc) is 2.66. The first-order valence-electron chi connectivity index (χ1n) is 8.58. The Balaban J connectivity index is 1.70. The van der Waals surface area contributed by atoms with E-state index in [1.54, 1.807) is 0 Å². The highest BCUT2D eigenvalue weighted by Crippen LogP contribution is 2.21. The van der Waals surface area contributed by atoms with Crippen LogP contribution in [0.15, 0.2) is 29.2 Å². The van der Waals surface area contributed by atoms with Crippen molar-refractivity contribution < 1.29 is 23.9 Å². The fourth-order valence-corrected chi connectivity index (χ4v) is 3.35. The van der Waals surface area contributed by atoms with Crippen LogP contribution in [0.3, 0.4) is 0 Å². The van der Waals surface area contributed by atoms with Crippen molar-refractivity contribution in [1.82, 2.24) is 4.90 Å². The molecule has 1 heterocycles. The van der Waals surface area contributed by atoms with E-state index in [1.165, 1.54) is 16.7 Å². The van der Waals surface area contributed by atoms with Crippen LogP contribution in [0.2, 0.25) is 0 Å². The molecule has 1 fully saturated rings. The summed E-state index contributed by atoms with van der Waals surface area (Å²) >= 11 is 1.33. The molecule has 0 radical (unpaired) electrons. The largest absolute Gasteiger partial charge is 0.494 e. The van der Waals surface area contributed by atoms with Gasteiger partial charge in [-0.3, -0.25) is 14.4 Å². The summed E-state index contributed by atoms with van der Waals surface area (Å²) in [6.45, 7) is 3.06. The van der Waals surface area contributed by atoms with Gasteiger partial charge in [0.15, 0.2) is 6.61 Å². The van der Waals surface area contributed by atoms with Crippen molar-refractivity contribution in [3.63, 3.8) is 0 Å². The van der Waals surface area contributed by atoms with Gasteiger partial charge >= 0.3 is 5.97 Å². The zero-order valence-corrected chi connectivity index (χ0v) is 15.6. The van der Waals surface area contributed by atoms with Gasteiger partial charge < -0.3 is 20.1 Å². The molecule has 8 heteroatoms. The molecule has 142 valence electrons. The van der Waals surface area contributed by atoms with Crippen molar-refractivity contribution in [2.45, 2.75) is 24.7 Å². The van der Waals surface area contributed by atoms with Crippen LogP contribution in [0.4, 0.5) is 0 Å². The zero-order valence-electron chi connectivity index (χ0n) is 14.8. The van der Waals surface area contributed by atoms with Gasteiger partial charge in [0.1, 0.15) is 5.75 Å². The maximum Gasteiger partial charge on any atom is 0.316 e. The lowest BCUT2D eigenvalue weighted by molar-refractivity contribution is -0.151. The van der Waals surface area contributed by atoms with Gasteiger partial charge in [-0.05, 0) is 44.0 Å². The van der Waals surface area contributed by atoms with Crippen LogP contribution in [0.1, 0.15) is 19.8 Å². The van der Waals surface area contributed by atoms with Gasteiger partial charge in [-0.1, -0.05) is 0 Å². The van der Waals surface area contributed by atoms with Crippen LogP contribution >= 0.6 is 11.8 Å². The van der Waals surface area contributed by atoms with E-state index in [0.29, 0.717) is 26.1 Å². The molecule has 1 atom stereocenters. The molecule has 1 aromatic carbocycles. The van der Waals surface area contributed by atoms with E-state index < -0.39 is 11.9 Å². The van der Waals surface area contributed by atoms with Crippen molar-refractivity contribution in [2.75, 3.05) is 32.1 Å². The molecule has 2 rings (SSSR count). The number of rotatable bonds is 8. The molecule has 0 aromatic heterocycles. The van der Waals surface area contributed by atoms with E-state index in [1.807, 2.05) is 31.2 Å². The standard InChI is InChI=1S/C18H24N2O5S/c1-2-24-14-5-7-15(8-6-14)26-12-17(22)25-11-16(21)20-9-3-4-13(10-20)18(19)23/h5-8,13H,2-4,9-12H2,1H3,(H2,19,23)/t13-/m1/s1. The number of hydrogen-bond acceptors (Lipinski definition) is 6. The molecular formula is C18H24N2O5S. The fourth-order valence-electron chi connectivity index (χ4n) is 2.65. The first-order chi connectivity index (χ1) is 12.5. The second kappa shape index (κ2) is 10.1. The maximum atomic E-state index is 12.1. The first-order valence-corrected chi connectivity index (χ1v) is 9.56. The molecule has 1 aromatic rings. The molecule has 2 amide bonds. The Morgan fingerprint density at radius 1 is 1.27 bits per heavy atom. The molecule has 1 aliphatic heterocycles. The molecule has 0 spiro atoms. The number of likely N-dealkylation sites (tertiary alicyclic amines) is 1. The monoisotopic (exact) mass is 380 g/mol. The summed E-state index contributed by atoms with van der Waals surface area (Å²) in [5.41, 5.74) is 5.30. The number of piperidine rings is 1. The SMILES string of the molecule is CCOc1ccc(SCC(=O)OCC(=O)N2CCC[C@@H](C(N)=O)C2)cc1. The van der Waals surface area contributed by atoms with Crippen LogP contribution in [-0.4, -0.2) is 54.7 Å². The molecule has 0 aliphatic carbocycles. The number of esters is 1. The minimum Gasteiger partial charge on any atom is -0.494 e. The van der Waals surface area contributed by atoms with Crippen molar-refractivity contribution >= 4 is 29.5 Å². The van der Waals surface area contributed by atoms with E-state index in [0.717, 1.165) is 17.1 Å². The summed E-state index contributed by atoms with van der Waals surface area (Å²) in [6, 6.07) is 7.41. The normalized spacial score (nSPS) is 16.8. The van der Waals surface area contributed by atoms with E-state index in [9.17, 15) is 14.4 Å². The highest BCUT2D eigenvalue weighted by Gasteiger charge is 2.27. The van der Waals surface area contributed by atoms with Crippen LogP contribution in [0.25, 0.3) is 0 Å². The van der Waals surface area contributed by atoms with E-state index in [-0.39, 0.29) is 24.2 Å². The second-order valence-corrected chi connectivity index (χ2v) is 6.98. The lowest BCUT2D eigenvalue weighted by atomic mass is 9.97. The van der Waals surface area contributed by atoms with Crippen molar-refractivity contribution in [2.24, 2.45) is 11.7 Å². The third kappa shape index (κ3) is 6.25. The summed E-state index contributed by atoms with van der Waals surface area (Å²) in [5.74, 6) is -0.577. The number of benzene rings is 1. The quantitative estimate of drug-likeness (QED) is 0.541. The summed E-state index contributed by atoms with van der Waals surface area (Å²) < 4.78 is 10.4.